The molecule has 0 fully saturated rings. The zero-order chi connectivity index (χ0) is 16.8. The summed E-state index contributed by atoms with van der Waals surface area (Å²) in [6.07, 6.45) is 1.79. The lowest BCUT2D eigenvalue weighted by molar-refractivity contribution is 1.28. The van der Waals surface area contributed by atoms with Gasteiger partial charge in [0, 0.05) is 11.8 Å². The van der Waals surface area contributed by atoms with Gasteiger partial charge in [0.1, 0.15) is 5.82 Å². The van der Waals surface area contributed by atoms with Crippen molar-refractivity contribution in [3.8, 4) is 11.1 Å². The highest BCUT2D eigenvalue weighted by atomic mass is 14.8. The van der Waals surface area contributed by atoms with Crippen LogP contribution in [0.15, 0.2) is 36.5 Å². The number of nitrogens with zero attached hydrogens (tertiary/aromatic N) is 1. The Morgan fingerprint density at radius 2 is 1.38 bits per heavy atom. The van der Waals surface area contributed by atoms with Crippen molar-refractivity contribution in [2.75, 3.05) is 5.73 Å². The van der Waals surface area contributed by atoms with Gasteiger partial charge in [-0.3, -0.25) is 0 Å². The molecule has 0 saturated heterocycles. The SMILES string of the molecule is CC.CC.CC.Cc1cccc(-c2cc(C)cnc2N)c1. The molecule has 0 bridgehead atoms. The molecule has 2 rings (SSSR count). The van der Waals surface area contributed by atoms with Gasteiger partial charge in [-0.15, -0.1) is 0 Å². The summed E-state index contributed by atoms with van der Waals surface area (Å²) in [5.41, 5.74) is 10.4. The third-order valence-electron chi connectivity index (χ3n) is 2.38. The fourth-order valence-electron chi connectivity index (χ4n) is 1.62. The molecule has 0 saturated carbocycles. The molecule has 0 atom stereocenters. The molecule has 0 aliphatic rings. The predicted octanol–water partition coefficient (Wildman–Crippen LogP) is 6.03. The van der Waals surface area contributed by atoms with E-state index in [4.69, 9.17) is 5.73 Å². The van der Waals surface area contributed by atoms with E-state index in [1.807, 2.05) is 54.5 Å². The largest absolute Gasteiger partial charge is 0.383 e. The van der Waals surface area contributed by atoms with Gasteiger partial charge in [0.2, 0.25) is 0 Å². The van der Waals surface area contributed by atoms with Crippen LogP contribution in [0.1, 0.15) is 52.7 Å². The molecule has 0 unspecified atom stereocenters. The zero-order valence-corrected chi connectivity index (χ0v) is 15.0. The normalized spacial score (nSPS) is 8.19. The lowest BCUT2D eigenvalue weighted by atomic mass is 10.0. The van der Waals surface area contributed by atoms with Crippen LogP contribution in [0.3, 0.4) is 0 Å². The highest BCUT2D eigenvalue weighted by Crippen LogP contribution is 2.25. The molecule has 1 aromatic heterocycles. The summed E-state index contributed by atoms with van der Waals surface area (Å²) in [6, 6.07) is 10.3. The number of nitrogen functional groups attached to an aromatic ring is 1. The third-order valence-corrected chi connectivity index (χ3v) is 2.38. The van der Waals surface area contributed by atoms with E-state index < -0.39 is 0 Å². The van der Waals surface area contributed by atoms with Crippen molar-refractivity contribution >= 4 is 5.82 Å². The number of hydrogen-bond acceptors (Lipinski definition) is 2. The topological polar surface area (TPSA) is 38.9 Å². The van der Waals surface area contributed by atoms with Crippen molar-refractivity contribution < 1.29 is 0 Å². The van der Waals surface area contributed by atoms with Crippen molar-refractivity contribution in [2.45, 2.75) is 55.4 Å². The van der Waals surface area contributed by atoms with Crippen molar-refractivity contribution in [2.24, 2.45) is 0 Å². The standard InChI is InChI=1S/C13H14N2.3C2H6/c1-9-4-3-5-11(6-9)12-7-10(2)8-15-13(12)14;3*1-2/h3-8H,1-2H3,(H2,14,15);3*1-2H3. The molecule has 0 aliphatic heterocycles. The minimum atomic E-state index is 0.589. The van der Waals surface area contributed by atoms with Crippen LogP contribution < -0.4 is 5.73 Å². The Labute approximate surface area is 131 Å². The Morgan fingerprint density at radius 1 is 0.810 bits per heavy atom. The van der Waals surface area contributed by atoms with Crippen molar-refractivity contribution in [1.82, 2.24) is 4.98 Å². The summed E-state index contributed by atoms with van der Waals surface area (Å²) in [4.78, 5) is 4.16. The molecular weight excluding hydrogens is 256 g/mol. The minimum absolute atomic E-state index is 0.589. The Balaban J connectivity index is 0. The van der Waals surface area contributed by atoms with Gasteiger partial charge in [0.05, 0.1) is 0 Å². The van der Waals surface area contributed by atoms with E-state index in [1.165, 1.54) is 5.56 Å². The molecule has 118 valence electrons. The maximum absolute atomic E-state index is 5.86. The van der Waals surface area contributed by atoms with Crippen LogP contribution in [0.25, 0.3) is 11.1 Å². The van der Waals surface area contributed by atoms with Crippen LogP contribution in [-0.4, -0.2) is 4.98 Å². The number of benzene rings is 1. The molecule has 21 heavy (non-hydrogen) atoms. The highest BCUT2D eigenvalue weighted by molar-refractivity contribution is 5.74. The second-order valence-corrected chi connectivity index (χ2v) is 3.81. The first-order valence-electron chi connectivity index (χ1n) is 7.96. The average Bonchev–Trinajstić information content (AvgIpc) is 2.55. The molecule has 0 spiro atoms. The first kappa shape index (κ1) is 21.5. The van der Waals surface area contributed by atoms with Crippen molar-refractivity contribution in [1.29, 1.82) is 0 Å². The van der Waals surface area contributed by atoms with E-state index in [9.17, 15) is 0 Å². The van der Waals surface area contributed by atoms with Gasteiger partial charge in [-0.25, -0.2) is 4.98 Å². The zero-order valence-electron chi connectivity index (χ0n) is 15.0. The van der Waals surface area contributed by atoms with Crippen LogP contribution in [0.2, 0.25) is 0 Å². The fraction of sp³-hybridized carbons (Fsp3) is 0.421. The predicted molar refractivity (Wildman–Crippen MR) is 97.6 cm³/mol. The molecule has 2 aromatic rings. The number of anilines is 1. The Bertz CT molecular complexity index is 491. The molecule has 1 heterocycles. The second-order valence-electron chi connectivity index (χ2n) is 3.81. The summed E-state index contributed by atoms with van der Waals surface area (Å²) in [5.74, 6) is 0.589. The van der Waals surface area contributed by atoms with Crippen LogP contribution in [0.5, 0.6) is 0 Å². The van der Waals surface area contributed by atoms with E-state index in [1.54, 1.807) is 6.20 Å². The Kier molecular flexibility index (Phi) is 13.5. The summed E-state index contributed by atoms with van der Waals surface area (Å²) < 4.78 is 0. The quantitative estimate of drug-likeness (QED) is 0.696. The van der Waals surface area contributed by atoms with Gasteiger partial charge in [0.15, 0.2) is 0 Å². The second kappa shape index (κ2) is 13.2. The maximum atomic E-state index is 5.86. The maximum Gasteiger partial charge on any atom is 0.131 e. The first-order valence-corrected chi connectivity index (χ1v) is 7.96. The number of aromatic nitrogens is 1. The average molecular weight is 288 g/mol. The third kappa shape index (κ3) is 7.50. The van der Waals surface area contributed by atoms with Gasteiger partial charge < -0.3 is 5.73 Å². The number of hydrogen-bond donors (Lipinski definition) is 1. The monoisotopic (exact) mass is 288 g/mol. The number of aryl methyl sites for hydroxylation is 2. The van der Waals surface area contributed by atoms with Crippen molar-refractivity contribution in [3.05, 3.63) is 47.7 Å². The number of nitrogens with two attached hydrogens (primary N) is 1. The summed E-state index contributed by atoms with van der Waals surface area (Å²) >= 11 is 0. The van der Waals surface area contributed by atoms with E-state index >= 15 is 0 Å². The summed E-state index contributed by atoms with van der Waals surface area (Å²) in [6.45, 7) is 16.1. The highest BCUT2D eigenvalue weighted by Gasteiger charge is 2.03. The number of pyridine rings is 1. The molecule has 2 nitrogen and oxygen atoms in total. The molecule has 0 aliphatic carbocycles. The molecule has 0 radical (unpaired) electrons. The van der Waals surface area contributed by atoms with E-state index in [0.29, 0.717) is 5.82 Å². The van der Waals surface area contributed by atoms with Gasteiger partial charge >= 0.3 is 0 Å². The Hall–Kier alpha value is -1.83. The lowest BCUT2D eigenvalue weighted by Gasteiger charge is -2.06. The van der Waals surface area contributed by atoms with Gasteiger partial charge in [-0.1, -0.05) is 71.4 Å². The lowest BCUT2D eigenvalue weighted by Crippen LogP contribution is -1.94. The fourth-order valence-corrected chi connectivity index (χ4v) is 1.62. The van der Waals surface area contributed by atoms with E-state index in [-0.39, 0.29) is 0 Å². The van der Waals surface area contributed by atoms with Crippen molar-refractivity contribution in [3.63, 3.8) is 0 Å². The van der Waals surface area contributed by atoms with Crippen LogP contribution in [0, 0.1) is 13.8 Å². The van der Waals surface area contributed by atoms with Gasteiger partial charge in [0.25, 0.3) is 0 Å². The molecular formula is C19H32N2. The molecule has 2 heteroatoms. The van der Waals surface area contributed by atoms with Crippen LogP contribution in [-0.2, 0) is 0 Å². The molecule has 2 N–H and O–H groups in total. The first-order chi connectivity index (χ1) is 10.2. The van der Waals surface area contributed by atoms with E-state index in [0.717, 1.165) is 16.7 Å². The summed E-state index contributed by atoms with van der Waals surface area (Å²) in [5, 5.41) is 0. The summed E-state index contributed by atoms with van der Waals surface area (Å²) in [7, 11) is 0. The van der Waals surface area contributed by atoms with Crippen LogP contribution in [0.4, 0.5) is 5.82 Å². The molecule has 1 aromatic carbocycles. The molecule has 0 amide bonds. The minimum Gasteiger partial charge on any atom is -0.383 e. The smallest absolute Gasteiger partial charge is 0.131 e. The van der Waals surface area contributed by atoms with Gasteiger partial charge in [-0.05, 0) is 31.0 Å². The van der Waals surface area contributed by atoms with E-state index in [2.05, 4.69) is 36.2 Å². The van der Waals surface area contributed by atoms with Crippen LogP contribution >= 0.6 is 0 Å². The number of rotatable bonds is 1. The van der Waals surface area contributed by atoms with Gasteiger partial charge in [-0.2, -0.15) is 0 Å². The Morgan fingerprint density at radius 3 is 1.90 bits per heavy atom.